The maximum Gasteiger partial charge on any atom is 0.573 e. The van der Waals surface area contributed by atoms with Crippen molar-refractivity contribution in [3.8, 4) is 16.4 Å². The normalized spacial score (nSPS) is 12.5. The topological polar surface area (TPSA) is 44.8 Å². The average molecular weight is 516 g/mol. The van der Waals surface area contributed by atoms with Gasteiger partial charge in [0, 0.05) is 34.1 Å². The van der Waals surface area contributed by atoms with Gasteiger partial charge in [-0.15, -0.1) is 13.2 Å². The molecule has 0 bridgehead atoms. The van der Waals surface area contributed by atoms with Crippen LogP contribution in [0.15, 0.2) is 72.1 Å². The van der Waals surface area contributed by atoms with Crippen LogP contribution in [0.1, 0.15) is 30.5 Å². The number of aryl methyl sites for hydroxylation is 2. The van der Waals surface area contributed by atoms with Crippen molar-refractivity contribution >= 4 is 26.5 Å². The van der Waals surface area contributed by atoms with Crippen LogP contribution in [0.5, 0.6) is 11.5 Å². The third kappa shape index (κ3) is 5.82. The van der Waals surface area contributed by atoms with E-state index in [1.807, 2.05) is 26.0 Å². The quantitative estimate of drug-likeness (QED) is 0.185. The summed E-state index contributed by atoms with van der Waals surface area (Å²) in [6.45, 7) is 6.91. The van der Waals surface area contributed by atoms with Gasteiger partial charge in [-0.2, -0.15) is 0 Å². The van der Waals surface area contributed by atoms with Crippen molar-refractivity contribution in [2.24, 2.45) is 0 Å². The minimum atomic E-state index is -4.77. The third-order valence-electron chi connectivity index (χ3n) is 5.71. The first-order chi connectivity index (χ1) is 16.9. The second-order valence-corrected chi connectivity index (χ2v) is 10.8. The van der Waals surface area contributed by atoms with E-state index < -0.39 is 17.9 Å². The first-order valence-electron chi connectivity index (χ1n) is 11.3. The van der Waals surface area contributed by atoms with Gasteiger partial charge in [-0.1, -0.05) is 24.3 Å². The summed E-state index contributed by atoms with van der Waals surface area (Å²) >= 11 is 0. The molecule has 36 heavy (non-hydrogen) atoms. The number of thiophene rings is 1. The van der Waals surface area contributed by atoms with Crippen molar-refractivity contribution in [3.05, 3.63) is 88.8 Å². The predicted molar refractivity (Wildman–Crippen MR) is 135 cm³/mol. The molecule has 188 valence electrons. The van der Waals surface area contributed by atoms with Gasteiger partial charge in [0.2, 0.25) is 0 Å². The number of benzene rings is 3. The van der Waals surface area contributed by atoms with Gasteiger partial charge in [0.25, 0.3) is 0 Å². The molecule has 0 radical (unpaired) electrons. The minimum Gasteiger partial charge on any atom is -0.481 e. The van der Waals surface area contributed by atoms with E-state index in [1.165, 1.54) is 39.2 Å². The van der Waals surface area contributed by atoms with Crippen LogP contribution in [0.4, 0.5) is 13.2 Å². The summed E-state index contributed by atoms with van der Waals surface area (Å²) < 4.78 is 53.7. The lowest BCUT2D eigenvalue weighted by Crippen LogP contribution is -2.28. The molecule has 1 unspecified atom stereocenters. The van der Waals surface area contributed by atoms with Gasteiger partial charge in [-0.25, -0.2) is 4.79 Å². The first-order valence-corrected chi connectivity index (χ1v) is 12.5. The number of ether oxygens (including phenoxy) is 3. The highest BCUT2D eigenvalue weighted by molar-refractivity contribution is 7.43. The number of alkyl halides is 3. The van der Waals surface area contributed by atoms with Crippen LogP contribution in [-0.4, -0.2) is 18.9 Å². The maximum absolute atomic E-state index is 12.6. The monoisotopic (exact) mass is 515 g/mol. The van der Waals surface area contributed by atoms with E-state index in [1.54, 1.807) is 13.8 Å². The molecule has 0 spiro atoms. The number of carbonyl (C=O) groups excluding carboxylic acids is 1. The molecule has 4 aromatic rings. The van der Waals surface area contributed by atoms with Gasteiger partial charge in [-0.3, -0.25) is 0 Å². The van der Waals surface area contributed by atoms with E-state index in [4.69, 9.17) is 9.47 Å². The Balaban J connectivity index is 1.42. The number of carbonyl (C=O) groups is 1. The molecule has 8 heteroatoms. The van der Waals surface area contributed by atoms with Crippen molar-refractivity contribution in [2.45, 2.75) is 39.7 Å². The molecule has 0 aliphatic heterocycles. The molecule has 1 heterocycles. The number of halogens is 3. The third-order valence-corrected chi connectivity index (χ3v) is 7.71. The largest absolute Gasteiger partial charge is 0.573 e. The van der Waals surface area contributed by atoms with E-state index in [9.17, 15) is 18.0 Å². The molecule has 4 nitrogen and oxygen atoms in total. The van der Waals surface area contributed by atoms with Crippen LogP contribution >= 0.6 is 10.5 Å². The average Bonchev–Trinajstić information content (AvgIpc) is 3.21. The summed E-state index contributed by atoms with van der Waals surface area (Å²) in [6.07, 6.45) is -4.77. The lowest BCUT2D eigenvalue weighted by molar-refractivity contribution is -0.274. The summed E-state index contributed by atoms with van der Waals surface area (Å²) in [7, 11) is -0.148. The molecule has 0 fully saturated rings. The van der Waals surface area contributed by atoms with Crippen molar-refractivity contribution < 1.29 is 32.2 Å². The van der Waals surface area contributed by atoms with Crippen LogP contribution in [-0.2, 0) is 15.1 Å². The molecule has 0 saturated carbocycles. The summed E-state index contributed by atoms with van der Waals surface area (Å²) in [5.41, 5.74) is 1.28. The molecule has 1 aromatic heterocycles. The fraction of sp³-hybridized carbons (Fsp3) is 0.250. The van der Waals surface area contributed by atoms with Gasteiger partial charge in [0.1, 0.15) is 22.5 Å². The zero-order valence-corrected chi connectivity index (χ0v) is 21.1. The van der Waals surface area contributed by atoms with E-state index in [2.05, 4.69) is 40.4 Å². The molecular weight excluding hydrogens is 489 g/mol. The van der Waals surface area contributed by atoms with Crippen molar-refractivity contribution in [1.82, 2.24) is 0 Å². The Morgan fingerprint density at radius 2 is 1.56 bits per heavy atom. The summed E-state index contributed by atoms with van der Waals surface area (Å²) in [4.78, 5) is 13.7. The van der Waals surface area contributed by atoms with Crippen LogP contribution in [0.25, 0.3) is 15.0 Å². The molecule has 3 aromatic carbocycles. The fourth-order valence-corrected chi connectivity index (χ4v) is 6.13. The second-order valence-electron chi connectivity index (χ2n) is 8.91. The lowest BCUT2D eigenvalue weighted by atomic mass is 9.98. The van der Waals surface area contributed by atoms with E-state index in [-0.39, 0.29) is 22.8 Å². The highest BCUT2D eigenvalue weighted by Gasteiger charge is 2.32. The van der Waals surface area contributed by atoms with Gasteiger partial charge < -0.3 is 14.2 Å². The lowest BCUT2D eigenvalue weighted by Gasteiger charge is -2.26. The highest BCUT2D eigenvalue weighted by Crippen LogP contribution is 2.42. The van der Waals surface area contributed by atoms with Crippen molar-refractivity contribution in [1.29, 1.82) is 0 Å². The van der Waals surface area contributed by atoms with Crippen LogP contribution < -0.4 is 9.47 Å². The SMILES string of the molecule is Cc1cc(-[s+]2ccc3ccccc32)cc(C)c1OCC(=O)OC(C)(C)c1ccc(OC(F)(F)F)cc1. The smallest absolute Gasteiger partial charge is 0.481 e. The van der Waals surface area contributed by atoms with Gasteiger partial charge in [-0.05, 0) is 68.7 Å². The van der Waals surface area contributed by atoms with Crippen molar-refractivity contribution in [2.75, 3.05) is 6.61 Å². The Morgan fingerprint density at radius 3 is 2.19 bits per heavy atom. The summed E-state index contributed by atoms with van der Waals surface area (Å²) in [6, 6.07) is 19.8. The number of fused-ring (bicyclic) bond motifs is 1. The zero-order chi connectivity index (χ0) is 26.1. The molecule has 1 atom stereocenters. The molecular formula is C28H26F3O4S+. The molecule has 0 amide bonds. The zero-order valence-electron chi connectivity index (χ0n) is 20.3. The van der Waals surface area contributed by atoms with Gasteiger partial charge >= 0.3 is 12.3 Å². The Hall–Kier alpha value is -3.52. The van der Waals surface area contributed by atoms with Crippen LogP contribution in [0.2, 0.25) is 0 Å². The van der Waals surface area contributed by atoms with E-state index >= 15 is 0 Å². The Bertz CT molecular complexity index is 1370. The molecule has 4 rings (SSSR count). The maximum atomic E-state index is 12.6. The Morgan fingerprint density at radius 1 is 0.917 bits per heavy atom. The van der Waals surface area contributed by atoms with Crippen LogP contribution in [0.3, 0.4) is 0 Å². The Labute approximate surface area is 210 Å². The van der Waals surface area contributed by atoms with E-state index in [0.29, 0.717) is 11.3 Å². The number of rotatable bonds is 7. The van der Waals surface area contributed by atoms with Crippen LogP contribution in [0, 0.1) is 13.8 Å². The fourth-order valence-electron chi connectivity index (χ4n) is 4.07. The second kappa shape index (κ2) is 9.85. The Kier molecular flexibility index (Phi) is 7.00. The number of hydrogen-bond donors (Lipinski definition) is 0. The highest BCUT2D eigenvalue weighted by atomic mass is 32.2. The first kappa shape index (κ1) is 25.6. The summed E-state index contributed by atoms with van der Waals surface area (Å²) in [5, 5.41) is 3.44. The predicted octanol–water partition coefficient (Wildman–Crippen LogP) is 7.95. The number of esters is 1. The van der Waals surface area contributed by atoms with E-state index in [0.717, 1.165) is 11.1 Å². The molecule has 0 aliphatic carbocycles. The van der Waals surface area contributed by atoms with Gasteiger partial charge in [0.15, 0.2) is 16.2 Å². The molecule has 0 aliphatic rings. The molecule has 0 saturated heterocycles. The standard InChI is InChI=1S/C28H26F3O4S/c1-18-15-23(36-14-13-20-7-5-6-8-24(20)36)16-19(2)26(18)33-17-25(32)35-27(3,4)21-9-11-22(12-10-21)34-28(29,30)31/h5-16H,17H2,1-4H3/q+1. The number of hydrogen-bond acceptors (Lipinski definition) is 4. The summed E-state index contributed by atoms with van der Waals surface area (Å²) in [5.74, 6) is -0.307. The van der Waals surface area contributed by atoms with Crippen molar-refractivity contribution in [3.63, 3.8) is 0 Å². The molecule has 0 N–H and O–H groups in total. The minimum absolute atomic E-state index is 0.148. The van der Waals surface area contributed by atoms with Gasteiger partial charge in [0.05, 0.1) is 0 Å².